The van der Waals surface area contributed by atoms with Crippen molar-refractivity contribution in [3.63, 3.8) is 0 Å². The van der Waals surface area contributed by atoms with Gasteiger partial charge in [-0.05, 0) is 27.1 Å². The molecule has 1 aromatic heterocycles. The molecule has 1 unspecified atom stereocenters. The molecule has 2 rings (SSSR count). The van der Waals surface area contributed by atoms with Gasteiger partial charge in [-0.25, -0.2) is 0 Å². The molecule has 112 valence electrons. The zero-order valence-corrected chi connectivity index (χ0v) is 12.1. The average molecular weight is 291 g/mol. The maximum atomic E-state index is 11.0. The first-order valence-electron chi connectivity index (χ1n) is 6.38. The summed E-state index contributed by atoms with van der Waals surface area (Å²) in [6, 6.07) is 4.40. The van der Waals surface area contributed by atoms with Crippen LogP contribution in [0.3, 0.4) is 0 Å². The lowest BCUT2D eigenvalue weighted by Gasteiger charge is -2.12. The number of likely N-dealkylation sites (N-methyl/N-ethyl adjacent to an activating group) is 1. The molecule has 1 heterocycles. The van der Waals surface area contributed by atoms with E-state index < -0.39 is 4.92 Å². The number of aryl methyl sites for hydroxylation is 1. The summed E-state index contributed by atoms with van der Waals surface area (Å²) in [6.07, 6.45) is 0. The highest BCUT2D eigenvalue weighted by atomic mass is 16.6. The Hall–Kier alpha value is -2.32. The standard InChI is InChI=1S/C13H17N5O3/c1-8-4-5-9(6-11(8)18(19)20)13-15-12(16-21-13)10(14)7-17(2)3/h4-6,10H,7,14H2,1-3H3. The van der Waals surface area contributed by atoms with Gasteiger partial charge >= 0.3 is 0 Å². The minimum atomic E-state index is -0.437. The Balaban J connectivity index is 2.29. The molecular formula is C13H17N5O3. The maximum absolute atomic E-state index is 11.0. The molecule has 0 fully saturated rings. The summed E-state index contributed by atoms with van der Waals surface area (Å²) < 4.78 is 5.15. The normalized spacial score (nSPS) is 12.6. The summed E-state index contributed by atoms with van der Waals surface area (Å²) in [5.74, 6) is 0.601. The van der Waals surface area contributed by atoms with Gasteiger partial charge in [-0.1, -0.05) is 11.2 Å². The van der Waals surface area contributed by atoms with Crippen molar-refractivity contribution in [1.82, 2.24) is 15.0 Å². The van der Waals surface area contributed by atoms with E-state index in [1.807, 2.05) is 19.0 Å². The molecule has 0 aliphatic heterocycles. The third-order valence-corrected chi connectivity index (χ3v) is 2.99. The maximum Gasteiger partial charge on any atom is 0.273 e. The van der Waals surface area contributed by atoms with Gasteiger partial charge in [-0.2, -0.15) is 4.98 Å². The molecule has 0 radical (unpaired) electrons. The number of benzene rings is 1. The molecule has 8 heteroatoms. The first kappa shape index (κ1) is 15.1. The molecule has 0 spiro atoms. The first-order valence-corrected chi connectivity index (χ1v) is 6.38. The van der Waals surface area contributed by atoms with E-state index >= 15 is 0 Å². The van der Waals surface area contributed by atoms with E-state index in [0.717, 1.165) is 0 Å². The van der Waals surface area contributed by atoms with Crippen LogP contribution >= 0.6 is 0 Å². The Morgan fingerprint density at radius 1 is 1.48 bits per heavy atom. The fourth-order valence-electron chi connectivity index (χ4n) is 1.92. The van der Waals surface area contributed by atoms with Gasteiger partial charge in [0.25, 0.3) is 11.6 Å². The molecule has 0 aliphatic rings. The Morgan fingerprint density at radius 3 is 2.81 bits per heavy atom. The van der Waals surface area contributed by atoms with Crippen molar-refractivity contribution in [3.8, 4) is 11.5 Å². The molecule has 0 saturated heterocycles. The van der Waals surface area contributed by atoms with Crippen molar-refractivity contribution in [2.75, 3.05) is 20.6 Å². The van der Waals surface area contributed by atoms with Crippen molar-refractivity contribution < 1.29 is 9.45 Å². The summed E-state index contributed by atoms with van der Waals surface area (Å²) in [5.41, 5.74) is 7.05. The van der Waals surface area contributed by atoms with Gasteiger partial charge in [0.1, 0.15) is 0 Å². The predicted octanol–water partition coefficient (Wildman–Crippen LogP) is 1.51. The van der Waals surface area contributed by atoms with E-state index in [9.17, 15) is 10.1 Å². The monoisotopic (exact) mass is 291 g/mol. The van der Waals surface area contributed by atoms with Crippen LogP contribution in [0.2, 0.25) is 0 Å². The van der Waals surface area contributed by atoms with Gasteiger partial charge in [0, 0.05) is 23.7 Å². The summed E-state index contributed by atoms with van der Waals surface area (Å²) >= 11 is 0. The minimum absolute atomic E-state index is 0.0184. The minimum Gasteiger partial charge on any atom is -0.334 e. The summed E-state index contributed by atoms with van der Waals surface area (Å²) in [4.78, 5) is 16.6. The lowest BCUT2D eigenvalue weighted by atomic mass is 10.1. The van der Waals surface area contributed by atoms with Crippen LogP contribution in [0.15, 0.2) is 22.7 Å². The number of nitro groups is 1. The third-order valence-electron chi connectivity index (χ3n) is 2.99. The summed E-state index contributed by atoms with van der Waals surface area (Å²) in [7, 11) is 3.79. The Kier molecular flexibility index (Phi) is 4.29. The molecular weight excluding hydrogens is 274 g/mol. The molecule has 1 aromatic carbocycles. The fraction of sp³-hybridized carbons (Fsp3) is 0.385. The molecule has 0 saturated carbocycles. The Bertz CT molecular complexity index is 653. The lowest BCUT2D eigenvalue weighted by Crippen LogP contribution is -2.26. The number of aromatic nitrogens is 2. The number of rotatable bonds is 5. The van der Waals surface area contributed by atoms with Crippen LogP contribution in [0, 0.1) is 17.0 Å². The second kappa shape index (κ2) is 5.98. The van der Waals surface area contributed by atoms with E-state index in [4.69, 9.17) is 10.3 Å². The number of nitrogens with zero attached hydrogens (tertiary/aromatic N) is 4. The van der Waals surface area contributed by atoms with Gasteiger partial charge in [0.05, 0.1) is 11.0 Å². The number of hydrogen-bond acceptors (Lipinski definition) is 7. The molecule has 0 bridgehead atoms. The highest BCUT2D eigenvalue weighted by Gasteiger charge is 2.18. The van der Waals surface area contributed by atoms with Crippen molar-refractivity contribution in [1.29, 1.82) is 0 Å². The molecule has 2 N–H and O–H groups in total. The molecule has 8 nitrogen and oxygen atoms in total. The molecule has 0 amide bonds. The fourth-order valence-corrected chi connectivity index (χ4v) is 1.92. The van der Waals surface area contributed by atoms with Gasteiger partial charge in [0.2, 0.25) is 0 Å². The summed E-state index contributed by atoms with van der Waals surface area (Å²) in [5, 5.41) is 14.8. The lowest BCUT2D eigenvalue weighted by molar-refractivity contribution is -0.385. The van der Waals surface area contributed by atoms with Crippen molar-refractivity contribution in [2.45, 2.75) is 13.0 Å². The topological polar surface area (TPSA) is 111 Å². The van der Waals surface area contributed by atoms with E-state index in [-0.39, 0.29) is 17.6 Å². The number of hydrogen-bond donors (Lipinski definition) is 1. The van der Waals surface area contributed by atoms with Gasteiger partial charge in [0.15, 0.2) is 5.82 Å². The van der Waals surface area contributed by atoms with Crippen LogP contribution in [0.4, 0.5) is 5.69 Å². The molecule has 21 heavy (non-hydrogen) atoms. The van der Waals surface area contributed by atoms with Crippen molar-refractivity contribution in [2.24, 2.45) is 5.73 Å². The van der Waals surface area contributed by atoms with Gasteiger partial charge in [-0.3, -0.25) is 10.1 Å². The SMILES string of the molecule is Cc1ccc(-c2nc(C(N)CN(C)C)no2)cc1[N+](=O)[O-]. The van der Waals surface area contributed by atoms with E-state index in [0.29, 0.717) is 23.5 Å². The van der Waals surface area contributed by atoms with Crippen LogP contribution in [-0.2, 0) is 0 Å². The van der Waals surface area contributed by atoms with Crippen LogP contribution in [0.1, 0.15) is 17.4 Å². The highest BCUT2D eigenvalue weighted by molar-refractivity contribution is 5.59. The first-order chi connectivity index (χ1) is 9.88. The smallest absolute Gasteiger partial charge is 0.273 e. The largest absolute Gasteiger partial charge is 0.334 e. The zero-order chi connectivity index (χ0) is 15.6. The number of nitrogens with two attached hydrogens (primary N) is 1. The van der Waals surface area contributed by atoms with Crippen LogP contribution in [0.5, 0.6) is 0 Å². The quantitative estimate of drug-likeness (QED) is 0.656. The molecule has 2 aromatic rings. The van der Waals surface area contributed by atoms with Crippen molar-refractivity contribution in [3.05, 3.63) is 39.7 Å². The predicted molar refractivity (Wildman–Crippen MR) is 76.6 cm³/mol. The van der Waals surface area contributed by atoms with E-state index in [1.165, 1.54) is 6.07 Å². The third kappa shape index (κ3) is 3.41. The molecule has 0 aliphatic carbocycles. The van der Waals surface area contributed by atoms with Gasteiger partial charge in [-0.15, -0.1) is 0 Å². The number of nitro benzene ring substituents is 1. The van der Waals surface area contributed by atoms with Gasteiger partial charge < -0.3 is 15.2 Å². The average Bonchev–Trinajstić information content (AvgIpc) is 2.87. The second-order valence-electron chi connectivity index (χ2n) is 5.08. The summed E-state index contributed by atoms with van der Waals surface area (Å²) in [6.45, 7) is 2.25. The van der Waals surface area contributed by atoms with Crippen molar-refractivity contribution >= 4 is 5.69 Å². The van der Waals surface area contributed by atoms with Crippen LogP contribution < -0.4 is 5.73 Å². The Morgan fingerprint density at radius 2 is 2.19 bits per heavy atom. The molecule has 1 atom stereocenters. The van der Waals surface area contributed by atoms with E-state index in [2.05, 4.69) is 10.1 Å². The highest BCUT2D eigenvalue weighted by Crippen LogP contribution is 2.26. The zero-order valence-electron chi connectivity index (χ0n) is 12.1. The van der Waals surface area contributed by atoms with Crippen LogP contribution in [-0.4, -0.2) is 40.6 Å². The second-order valence-corrected chi connectivity index (χ2v) is 5.08. The van der Waals surface area contributed by atoms with Crippen LogP contribution in [0.25, 0.3) is 11.5 Å². The van der Waals surface area contributed by atoms with E-state index in [1.54, 1.807) is 19.1 Å². The Labute approximate surface area is 121 Å².